The van der Waals surface area contributed by atoms with Gasteiger partial charge in [0.2, 0.25) is 5.88 Å². The average Bonchev–Trinajstić information content (AvgIpc) is 3.16. The van der Waals surface area contributed by atoms with Crippen molar-refractivity contribution < 1.29 is 23.1 Å². The number of carbonyl (C=O) groups excluding carboxylic acids is 1. The van der Waals surface area contributed by atoms with Crippen LogP contribution >= 0.6 is 0 Å². The fourth-order valence-electron chi connectivity index (χ4n) is 3.67. The van der Waals surface area contributed by atoms with E-state index in [-0.39, 0.29) is 16.5 Å². The van der Waals surface area contributed by atoms with Crippen molar-refractivity contribution in [3.05, 3.63) is 77.9 Å². The van der Waals surface area contributed by atoms with Gasteiger partial charge in [-0.3, -0.25) is 9.10 Å². The van der Waals surface area contributed by atoms with Gasteiger partial charge in [0.05, 0.1) is 22.7 Å². The van der Waals surface area contributed by atoms with Crippen molar-refractivity contribution in [2.75, 3.05) is 17.5 Å². The van der Waals surface area contributed by atoms with E-state index in [1.807, 2.05) is 32.9 Å². The van der Waals surface area contributed by atoms with Crippen LogP contribution in [-0.4, -0.2) is 37.6 Å². The Morgan fingerprint density at radius 1 is 1.00 bits per heavy atom. The molecule has 0 spiro atoms. The number of nitrogens with one attached hydrogen (secondary N) is 1. The third-order valence-corrected chi connectivity index (χ3v) is 7.28. The SMILES string of the molecule is CCOc1ccc(S(=O)(=O)N(CC(=O)N=Nc2c(O)[nH]c3cc(C)ccc23)c2ccc(C)cc2)cc1. The smallest absolute Gasteiger partial charge is 0.285 e. The topological polar surface area (TPSA) is 124 Å². The van der Waals surface area contributed by atoms with Crippen LogP contribution in [0.25, 0.3) is 10.9 Å². The molecular weight excluding hydrogens is 480 g/mol. The highest BCUT2D eigenvalue weighted by Gasteiger charge is 2.27. The number of benzene rings is 3. The Morgan fingerprint density at radius 2 is 1.67 bits per heavy atom. The van der Waals surface area contributed by atoms with Crippen LogP contribution in [0.4, 0.5) is 11.4 Å². The second kappa shape index (κ2) is 10.2. The number of fused-ring (bicyclic) bond motifs is 1. The number of ether oxygens (including phenoxy) is 1. The van der Waals surface area contributed by atoms with Crippen LogP contribution in [0, 0.1) is 13.8 Å². The number of nitrogens with zero attached hydrogens (tertiary/aromatic N) is 3. The minimum atomic E-state index is -4.11. The zero-order chi connectivity index (χ0) is 25.9. The van der Waals surface area contributed by atoms with Crippen LogP contribution in [0.5, 0.6) is 11.6 Å². The summed E-state index contributed by atoms with van der Waals surface area (Å²) in [6.45, 7) is 5.49. The maximum Gasteiger partial charge on any atom is 0.285 e. The number of aromatic amines is 1. The number of H-pyrrole nitrogens is 1. The first-order valence-corrected chi connectivity index (χ1v) is 12.7. The summed E-state index contributed by atoms with van der Waals surface area (Å²) >= 11 is 0. The highest BCUT2D eigenvalue weighted by atomic mass is 32.2. The molecule has 1 heterocycles. The van der Waals surface area contributed by atoms with E-state index < -0.39 is 22.5 Å². The van der Waals surface area contributed by atoms with Crippen LogP contribution in [0.1, 0.15) is 18.1 Å². The fourth-order valence-corrected chi connectivity index (χ4v) is 5.09. The van der Waals surface area contributed by atoms with Crippen LogP contribution < -0.4 is 9.04 Å². The van der Waals surface area contributed by atoms with Gasteiger partial charge in [0.1, 0.15) is 12.3 Å². The van der Waals surface area contributed by atoms with Gasteiger partial charge in [-0.25, -0.2) is 8.42 Å². The Bertz CT molecular complexity index is 1530. The Kier molecular flexibility index (Phi) is 7.07. The molecule has 3 aromatic carbocycles. The molecule has 0 aliphatic carbocycles. The number of carbonyl (C=O) groups is 1. The average molecular weight is 507 g/mol. The predicted molar refractivity (Wildman–Crippen MR) is 138 cm³/mol. The summed E-state index contributed by atoms with van der Waals surface area (Å²) in [4.78, 5) is 15.6. The molecule has 4 aromatic rings. The zero-order valence-electron chi connectivity index (χ0n) is 20.1. The molecule has 0 radical (unpaired) electrons. The van der Waals surface area contributed by atoms with E-state index in [1.165, 1.54) is 12.1 Å². The monoisotopic (exact) mass is 506 g/mol. The number of aromatic nitrogens is 1. The van der Waals surface area contributed by atoms with Gasteiger partial charge in [-0.15, -0.1) is 10.2 Å². The minimum Gasteiger partial charge on any atom is -0.494 e. The number of amides is 1. The van der Waals surface area contributed by atoms with Gasteiger partial charge < -0.3 is 14.8 Å². The summed E-state index contributed by atoms with van der Waals surface area (Å²) in [7, 11) is -4.11. The van der Waals surface area contributed by atoms with Crippen molar-refractivity contribution in [1.82, 2.24) is 4.98 Å². The fraction of sp³-hybridized carbons (Fsp3) is 0.192. The van der Waals surface area contributed by atoms with E-state index in [9.17, 15) is 18.3 Å². The number of aryl methyl sites for hydroxylation is 2. The summed E-state index contributed by atoms with van der Waals surface area (Å²) in [5.41, 5.74) is 2.98. The van der Waals surface area contributed by atoms with Crippen LogP contribution in [0.2, 0.25) is 0 Å². The lowest BCUT2D eigenvalue weighted by molar-refractivity contribution is -0.116. The molecule has 1 amide bonds. The number of hydrogen-bond acceptors (Lipinski definition) is 6. The summed E-state index contributed by atoms with van der Waals surface area (Å²) < 4.78 is 33.4. The molecule has 0 aliphatic rings. The Morgan fingerprint density at radius 3 is 2.33 bits per heavy atom. The van der Waals surface area contributed by atoms with Crippen molar-refractivity contribution in [1.29, 1.82) is 0 Å². The zero-order valence-corrected chi connectivity index (χ0v) is 20.9. The van der Waals surface area contributed by atoms with Crippen LogP contribution in [0.15, 0.2) is 81.9 Å². The van der Waals surface area contributed by atoms with Gasteiger partial charge in [0.15, 0.2) is 5.69 Å². The molecule has 4 rings (SSSR count). The van der Waals surface area contributed by atoms with Gasteiger partial charge >= 0.3 is 0 Å². The van der Waals surface area contributed by atoms with E-state index >= 15 is 0 Å². The molecule has 2 N–H and O–H groups in total. The Balaban J connectivity index is 1.65. The molecule has 9 nitrogen and oxygen atoms in total. The lowest BCUT2D eigenvalue weighted by Gasteiger charge is -2.23. The third-order valence-electron chi connectivity index (χ3n) is 5.49. The van der Waals surface area contributed by atoms with Crippen molar-refractivity contribution in [2.45, 2.75) is 25.7 Å². The summed E-state index contributed by atoms with van der Waals surface area (Å²) in [6.07, 6.45) is 0. The summed E-state index contributed by atoms with van der Waals surface area (Å²) in [6, 6.07) is 18.2. The Labute approximate surface area is 209 Å². The summed E-state index contributed by atoms with van der Waals surface area (Å²) in [5.74, 6) is -0.493. The molecule has 0 saturated heterocycles. The molecule has 0 unspecified atom stereocenters. The normalized spacial score (nSPS) is 11.8. The molecule has 1 aromatic heterocycles. The van der Waals surface area contributed by atoms with Gasteiger partial charge in [-0.05, 0) is 68.8 Å². The van der Waals surface area contributed by atoms with E-state index in [0.29, 0.717) is 28.9 Å². The number of sulfonamides is 1. The van der Waals surface area contributed by atoms with Crippen molar-refractivity contribution in [3.8, 4) is 11.6 Å². The maximum absolute atomic E-state index is 13.5. The van der Waals surface area contributed by atoms with Crippen molar-refractivity contribution in [2.24, 2.45) is 10.2 Å². The quantitative estimate of drug-likeness (QED) is 0.310. The third kappa shape index (κ3) is 5.23. The largest absolute Gasteiger partial charge is 0.494 e. The number of azo groups is 1. The maximum atomic E-state index is 13.5. The highest BCUT2D eigenvalue weighted by molar-refractivity contribution is 7.92. The number of hydrogen-bond donors (Lipinski definition) is 2. The first kappa shape index (κ1) is 24.9. The van der Waals surface area contributed by atoms with E-state index in [0.717, 1.165) is 15.4 Å². The molecule has 10 heteroatoms. The number of aromatic hydroxyl groups is 1. The molecule has 0 aliphatic heterocycles. The van der Waals surface area contributed by atoms with E-state index in [2.05, 4.69) is 15.2 Å². The predicted octanol–water partition coefficient (Wildman–Crippen LogP) is 5.39. The lowest BCUT2D eigenvalue weighted by atomic mass is 10.2. The lowest BCUT2D eigenvalue weighted by Crippen LogP contribution is -2.35. The van der Waals surface area contributed by atoms with Gasteiger partial charge in [0.25, 0.3) is 15.9 Å². The molecule has 36 heavy (non-hydrogen) atoms. The van der Waals surface area contributed by atoms with Gasteiger partial charge in [-0.2, -0.15) is 0 Å². The molecule has 0 fully saturated rings. The number of rotatable bonds is 8. The molecule has 186 valence electrons. The van der Waals surface area contributed by atoms with Crippen molar-refractivity contribution >= 4 is 38.2 Å². The molecule has 0 bridgehead atoms. The first-order valence-electron chi connectivity index (χ1n) is 11.3. The van der Waals surface area contributed by atoms with Gasteiger partial charge in [0, 0.05) is 5.39 Å². The molecular formula is C26H26N4O5S. The Hall–Kier alpha value is -4.18. The van der Waals surface area contributed by atoms with Crippen LogP contribution in [-0.2, 0) is 14.8 Å². The second-order valence-corrected chi connectivity index (χ2v) is 10.1. The molecule has 0 atom stereocenters. The first-order chi connectivity index (χ1) is 17.2. The summed E-state index contributed by atoms with van der Waals surface area (Å²) in [5, 5.41) is 18.5. The molecule has 0 saturated carbocycles. The van der Waals surface area contributed by atoms with E-state index in [4.69, 9.17) is 4.74 Å². The van der Waals surface area contributed by atoms with Crippen molar-refractivity contribution in [3.63, 3.8) is 0 Å². The van der Waals surface area contributed by atoms with E-state index in [1.54, 1.807) is 42.5 Å². The number of anilines is 1. The van der Waals surface area contributed by atoms with Gasteiger partial charge in [-0.1, -0.05) is 29.8 Å². The van der Waals surface area contributed by atoms with Crippen LogP contribution in [0.3, 0.4) is 0 Å². The second-order valence-electron chi connectivity index (χ2n) is 8.22. The minimum absolute atomic E-state index is 0.000842. The highest BCUT2D eigenvalue weighted by Crippen LogP contribution is 2.36. The standard InChI is InChI=1S/C26H26N4O5S/c1-4-35-20-10-12-21(13-11-20)36(33,34)30(19-8-5-17(2)6-9-19)16-24(31)28-29-25-22-14-7-18(3)15-23(22)27-26(25)32/h5-15,27,32H,4,16H2,1-3H3.